The molecule has 4 nitrogen and oxygen atoms in total. The number of fused-ring (bicyclic) bond motifs is 1. The Bertz CT molecular complexity index is 448. The first-order chi connectivity index (χ1) is 6.27. The summed E-state index contributed by atoms with van der Waals surface area (Å²) in [6, 6.07) is 3.56. The Balaban J connectivity index is 2.54. The summed E-state index contributed by atoms with van der Waals surface area (Å²) in [6.07, 6.45) is 3.40. The van der Waals surface area contributed by atoms with Gasteiger partial charge in [0.15, 0.2) is 0 Å². The van der Waals surface area contributed by atoms with E-state index in [9.17, 15) is 4.79 Å². The van der Waals surface area contributed by atoms with Gasteiger partial charge in [-0.15, -0.1) is 0 Å². The predicted molar refractivity (Wildman–Crippen MR) is 47.4 cm³/mol. The molecule has 0 fully saturated rings. The van der Waals surface area contributed by atoms with Crippen LogP contribution in [0, 0.1) is 0 Å². The molecule has 0 bridgehead atoms. The van der Waals surface area contributed by atoms with Crippen molar-refractivity contribution in [3.05, 3.63) is 30.1 Å². The Kier molecular flexibility index (Phi) is 1.73. The molecule has 2 aromatic rings. The molecule has 0 radical (unpaired) electrons. The van der Waals surface area contributed by atoms with Crippen LogP contribution in [0.5, 0.6) is 0 Å². The molecule has 0 unspecified atom stereocenters. The average Bonchev–Trinajstić information content (AvgIpc) is 2.51. The quantitative estimate of drug-likeness (QED) is 0.722. The van der Waals surface area contributed by atoms with E-state index >= 15 is 0 Å². The number of carboxylic acid groups (broad SMARTS) is 1. The fourth-order valence-corrected chi connectivity index (χ4v) is 1.34. The van der Waals surface area contributed by atoms with E-state index in [1.54, 1.807) is 18.5 Å². The van der Waals surface area contributed by atoms with Gasteiger partial charge in [-0.2, -0.15) is 0 Å². The Morgan fingerprint density at radius 1 is 1.54 bits per heavy atom. The van der Waals surface area contributed by atoms with Crippen LogP contribution in [-0.4, -0.2) is 21.0 Å². The second-order valence-electron chi connectivity index (χ2n) is 2.78. The Hall–Kier alpha value is -1.84. The molecule has 0 saturated heterocycles. The van der Waals surface area contributed by atoms with E-state index in [1.807, 2.05) is 6.07 Å². The van der Waals surface area contributed by atoms with Crippen LogP contribution in [0.1, 0.15) is 5.56 Å². The number of pyridine rings is 1. The third-order valence-corrected chi connectivity index (χ3v) is 1.89. The number of hydrogen-bond donors (Lipinski definition) is 2. The van der Waals surface area contributed by atoms with Gasteiger partial charge in [0.2, 0.25) is 0 Å². The molecule has 0 aliphatic rings. The van der Waals surface area contributed by atoms with Gasteiger partial charge in [-0.3, -0.25) is 4.79 Å². The monoisotopic (exact) mass is 176 g/mol. The summed E-state index contributed by atoms with van der Waals surface area (Å²) in [7, 11) is 0. The van der Waals surface area contributed by atoms with Gasteiger partial charge < -0.3 is 10.1 Å². The van der Waals surface area contributed by atoms with Crippen molar-refractivity contribution in [3.8, 4) is 0 Å². The lowest BCUT2D eigenvalue weighted by Gasteiger charge is -1.97. The molecule has 0 aliphatic carbocycles. The summed E-state index contributed by atoms with van der Waals surface area (Å²) < 4.78 is 0. The minimum atomic E-state index is -0.825. The summed E-state index contributed by atoms with van der Waals surface area (Å²) >= 11 is 0. The van der Waals surface area contributed by atoms with Crippen molar-refractivity contribution >= 4 is 17.0 Å². The van der Waals surface area contributed by atoms with Gasteiger partial charge in [0.1, 0.15) is 5.65 Å². The number of aliphatic carboxylic acids is 1. The summed E-state index contributed by atoms with van der Waals surface area (Å²) in [4.78, 5) is 17.5. The zero-order chi connectivity index (χ0) is 9.26. The van der Waals surface area contributed by atoms with Crippen molar-refractivity contribution in [2.45, 2.75) is 6.42 Å². The van der Waals surface area contributed by atoms with Crippen molar-refractivity contribution in [2.24, 2.45) is 0 Å². The van der Waals surface area contributed by atoms with Crippen LogP contribution in [-0.2, 0) is 11.2 Å². The van der Waals surface area contributed by atoms with E-state index in [2.05, 4.69) is 9.97 Å². The highest BCUT2D eigenvalue weighted by Gasteiger charge is 2.05. The molecule has 0 aliphatic heterocycles. The molecule has 0 aromatic carbocycles. The maximum absolute atomic E-state index is 10.5. The first kappa shape index (κ1) is 7.79. The molecular weight excluding hydrogens is 168 g/mol. The lowest BCUT2D eigenvalue weighted by molar-refractivity contribution is -0.136. The molecule has 2 rings (SSSR count). The number of carbonyl (C=O) groups is 1. The second-order valence-corrected chi connectivity index (χ2v) is 2.78. The number of hydrogen-bond acceptors (Lipinski definition) is 2. The standard InChI is InChI=1S/C9H8N2O2/c12-8(13)5-6-1-3-10-9-7(6)2-4-11-9/h1-4H,5H2,(H,10,11)(H,12,13). The number of H-pyrrole nitrogens is 1. The molecular formula is C9H8N2O2. The lowest BCUT2D eigenvalue weighted by atomic mass is 10.1. The third-order valence-electron chi connectivity index (χ3n) is 1.89. The average molecular weight is 176 g/mol. The fourth-order valence-electron chi connectivity index (χ4n) is 1.34. The first-order valence-electron chi connectivity index (χ1n) is 3.90. The summed E-state index contributed by atoms with van der Waals surface area (Å²) in [5.74, 6) is -0.825. The largest absolute Gasteiger partial charge is 0.481 e. The highest BCUT2D eigenvalue weighted by atomic mass is 16.4. The topological polar surface area (TPSA) is 66.0 Å². The summed E-state index contributed by atoms with van der Waals surface area (Å²) in [6.45, 7) is 0. The van der Waals surface area contributed by atoms with Gasteiger partial charge >= 0.3 is 5.97 Å². The van der Waals surface area contributed by atoms with E-state index in [-0.39, 0.29) is 6.42 Å². The molecule has 2 aromatic heterocycles. The second kappa shape index (κ2) is 2.90. The normalized spacial score (nSPS) is 10.5. The van der Waals surface area contributed by atoms with Gasteiger partial charge in [-0.1, -0.05) is 0 Å². The van der Waals surface area contributed by atoms with Crippen molar-refractivity contribution in [1.82, 2.24) is 9.97 Å². The third kappa shape index (κ3) is 1.38. The Labute approximate surface area is 74.2 Å². The Morgan fingerprint density at radius 3 is 3.15 bits per heavy atom. The minimum absolute atomic E-state index is 0.0386. The zero-order valence-corrected chi connectivity index (χ0v) is 6.82. The smallest absolute Gasteiger partial charge is 0.307 e. The Morgan fingerprint density at radius 2 is 2.38 bits per heavy atom. The maximum atomic E-state index is 10.5. The van der Waals surface area contributed by atoms with E-state index in [0.717, 1.165) is 16.6 Å². The fraction of sp³-hybridized carbons (Fsp3) is 0.111. The molecule has 0 amide bonds. The first-order valence-corrected chi connectivity index (χ1v) is 3.90. The van der Waals surface area contributed by atoms with Gasteiger partial charge in [0.25, 0.3) is 0 Å². The summed E-state index contributed by atoms with van der Waals surface area (Å²) in [5, 5.41) is 9.51. The summed E-state index contributed by atoms with van der Waals surface area (Å²) in [5.41, 5.74) is 1.53. The number of aromatic amines is 1. The molecule has 2 heterocycles. The van der Waals surface area contributed by atoms with Crippen LogP contribution in [0.15, 0.2) is 24.5 Å². The van der Waals surface area contributed by atoms with Crippen molar-refractivity contribution in [2.75, 3.05) is 0 Å². The van der Waals surface area contributed by atoms with Crippen molar-refractivity contribution in [1.29, 1.82) is 0 Å². The van der Waals surface area contributed by atoms with Crippen molar-refractivity contribution in [3.63, 3.8) is 0 Å². The van der Waals surface area contributed by atoms with E-state index in [4.69, 9.17) is 5.11 Å². The molecule has 0 spiro atoms. The molecule has 0 atom stereocenters. The van der Waals surface area contributed by atoms with Crippen LogP contribution in [0.3, 0.4) is 0 Å². The van der Waals surface area contributed by atoms with Crippen LogP contribution in [0.2, 0.25) is 0 Å². The maximum Gasteiger partial charge on any atom is 0.307 e. The van der Waals surface area contributed by atoms with E-state index in [0.29, 0.717) is 0 Å². The highest BCUT2D eigenvalue weighted by Crippen LogP contribution is 2.15. The van der Waals surface area contributed by atoms with Crippen LogP contribution < -0.4 is 0 Å². The number of rotatable bonds is 2. The molecule has 13 heavy (non-hydrogen) atoms. The number of nitrogens with zero attached hydrogens (tertiary/aromatic N) is 1. The van der Waals surface area contributed by atoms with Gasteiger partial charge in [-0.25, -0.2) is 4.98 Å². The van der Waals surface area contributed by atoms with Gasteiger partial charge in [0.05, 0.1) is 6.42 Å². The predicted octanol–water partition coefficient (Wildman–Crippen LogP) is 1.19. The number of nitrogens with one attached hydrogen (secondary N) is 1. The molecule has 2 N–H and O–H groups in total. The molecule has 66 valence electrons. The van der Waals surface area contributed by atoms with E-state index in [1.165, 1.54) is 0 Å². The lowest BCUT2D eigenvalue weighted by Crippen LogP contribution is -2.00. The number of carboxylic acids is 1. The van der Waals surface area contributed by atoms with Crippen LogP contribution in [0.25, 0.3) is 11.0 Å². The number of aromatic nitrogens is 2. The van der Waals surface area contributed by atoms with Crippen LogP contribution >= 0.6 is 0 Å². The van der Waals surface area contributed by atoms with Crippen LogP contribution in [0.4, 0.5) is 0 Å². The van der Waals surface area contributed by atoms with Gasteiger partial charge in [-0.05, 0) is 17.7 Å². The van der Waals surface area contributed by atoms with E-state index < -0.39 is 5.97 Å². The highest BCUT2D eigenvalue weighted by molar-refractivity contribution is 5.83. The minimum Gasteiger partial charge on any atom is -0.481 e. The molecule has 4 heteroatoms. The van der Waals surface area contributed by atoms with Gasteiger partial charge in [0, 0.05) is 17.8 Å². The van der Waals surface area contributed by atoms with Crippen molar-refractivity contribution < 1.29 is 9.90 Å². The zero-order valence-electron chi connectivity index (χ0n) is 6.82. The molecule has 0 saturated carbocycles. The SMILES string of the molecule is O=C(O)Cc1ccnc2[nH]ccc12.